The Morgan fingerprint density at radius 3 is 2.00 bits per heavy atom. The van der Waals surface area contributed by atoms with E-state index in [1.165, 1.54) is 17.0 Å². The SMILES string of the molecule is CC(C)(C)c1cc(NC(=O)Nc2ccc(C(=O)N3CCN(Cc4ccc(C(O)(C(F)(F)F)C(F)(F)F)cc4)CC3)cc2F)no1. The summed E-state index contributed by atoms with van der Waals surface area (Å²) in [5.41, 5.74) is -6.42. The van der Waals surface area contributed by atoms with E-state index >= 15 is 0 Å². The van der Waals surface area contributed by atoms with Gasteiger partial charge in [-0.15, -0.1) is 0 Å². The largest absolute Gasteiger partial charge is 0.430 e. The second-order valence-electron chi connectivity index (χ2n) is 11.6. The molecule has 244 valence electrons. The summed E-state index contributed by atoms with van der Waals surface area (Å²) in [7, 11) is 0. The minimum absolute atomic E-state index is 0.0376. The Hall–Kier alpha value is -4.18. The van der Waals surface area contributed by atoms with Gasteiger partial charge in [-0.25, -0.2) is 9.18 Å². The van der Waals surface area contributed by atoms with Gasteiger partial charge >= 0.3 is 18.4 Å². The number of halogens is 7. The highest BCUT2D eigenvalue weighted by molar-refractivity contribution is 6.00. The second-order valence-corrected chi connectivity index (χ2v) is 11.6. The lowest BCUT2D eigenvalue weighted by atomic mass is 9.91. The lowest BCUT2D eigenvalue weighted by Crippen LogP contribution is -2.53. The van der Waals surface area contributed by atoms with Crippen molar-refractivity contribution in [1.82, 2.24) is 15.0 Å². The molecule has 1 aliphatic heterocycles. The number of rotatable bonds is 6. The maximum absolute atomic E-state index is 14.8. The molecule has 45 heavy (non-hydrogen) atoms. The summed E-state index contributed by atoms with van der Waals surface area (Å²) >= 11 is 0. The van der Waals surface area contributed by atoms with Crippen LogP contribution in [0.2, 0.25) is 0 Å². The maximum atomic E-state index is 14.8. The van der Waals surface area contributed by atoms with Gasteiger partial charge in [0.05, 0.1) is 5.69 Å². The third-order valence-electron chi connectivity index (χ3n) is 7.21. The van der Waals surface area contributed by atoms with E-state index in [2.05, 4.69) is 15.8 Å². The number of carbonyl (C=O) groups excluding carboxylic acids is 2. The van der Waals surface area contributed by atoms with Crippen LogP contribution in [0.5, 0.6) is 0 Å². The van der Waals surface area contributed by atoms with Crippen LogP contribution < -0.4 is 10.6 Å². The van der Waals surface area contributed by atoms with Crippen LogP contribution in [0.1, 0.15) is 48.0 Å². The zero-order valence-corrected chi connectivity index (χ0v) is 24.3. The van der Waals surface area contributed by atoms with Crippen molar-refractivity contribution in [2.45, 2.75) is 50.7 Å². The molecule has 0 spiro atoms. The summed E-state index contributed by atoms with van der Waals surface area (Å²) in [6, 6.07) is 7.67. The van der Waals surface area contributed by atoms with Gasteiger partial charge in [-0.3, -0.25) is 15.0 Å². The predicted octanol–water partition coefficient (Wildman–Crippen LogP) is 6.03. The molecule has 1 aliphatic rings. The third-order valence-corrected chi connectivity index (χ3v) is 7.21. The van der Waals surface area contributed by atoms with Crippen molar-refractivity contribution in [1.29, 1.82) is 0 Å². The van der Waals surface area contributed by atoms with Gasteiger partial charge in [-0.1, -0.05) is 50.2 Å². The fourth-order valence-electron chi connectivity index (χ4n) is 4.60. The average Bonchev–Trinajstić information content (AvgIpc) is 3.42. The number of amides is 3. The van der Waals surface area contributed by atoms with Crippen LogP contribution in [0.3, 0.4) is 0 Å². The molecule has 0 bridgehead atoms. The number of piperazine rings is 1. The van der Waals surface area contributed by atoms with E-state index in [9.17, 15) is 45.4 Å². The van der Waals surface area contributed by atoms with E-state index in [1.807, 2.05) is 25.7 Å². The highest BCUT2D eigenvalue weighted by Crippen LogP contribution is 2.50. The first-order valence-electron chi connectivity index (χ1n) is 13.6. The molecule has 1 saturated heterocycles. The molecule has 3 aromatic rings. The van der Waals surface area contributed by atoms with Crippen LogP contribution in [0, 0.1) is 5.82 Å². The summed E-state index contributed by atoms with van der Waals surface area (Å²) < 4.78 is 98.7. The van der Waals surface area contributed by atoms with Crippen molar-refractivity contribution in [2.75, 3.05) is 36.8 Å². The number of aromatic nitrogens is 1. The zero-order chi connectivity index (χ0) is 33.4. The number of aliphatic hydroxyl groups is 1. The molecule has 2 aromatic carbocycles. The van der Waals surface area contributed by atoms with Crippen molar-refractivity contribution in [3.05, 3.63) is 76.8 Å². The molecule has 1 aromatic heterocycles. The first-order valence-corrected chi connectivity index (χ1v) is 13.6. The number of carbonyl (C=O) groups is 2. The van der Waals surface area contributed by atoms with Crippen LogP contribution in [0.25, 0.3) is 0 Å². The topological polar surface area (TPSA) is 111 Å². The van der Waals surface area contributed by atoms with Gasteiger partial charge in [0.15, 0.2) is 5.82 Å². The number of alkyl halides is 6. The van der Waals surface area contributed by atoms with E-state index in [4.69, 9.17) is 4.52 Å². The summed E-state index contributed by atoms with van der Waals surface area (Å²) in [5.74, 6) is -0.647. The molecule has 0 unspecified atom stereocenters. The Kier molecular flexibility index (Phi) is 9.22. The normalized spacial score (nSPS) is 15.2. The van der Waals surface area contributed by atoms with Gasteiger partial charge in [0, 0.05) is 55.3 Å². The molecular weight excluding hydrogens is 615 g/mol. The molecule has 9 nitrogen and oxygen atoms in total. The Morgan fingerprint density at radius 2 is 1.49 bits per heavy atom. The van der Waals surface area contributed by atoms with Gasteiger partial charge in [0.25, 0.3) is 11.5 Å². The summed E-state index contributed by atoms with van der Waals surface area (Å²) in [4.78, 5) is 28.6. The number of hydrogen-bond acceptors (Lipinski definition) is 6. The van der Waals surface area contributed by atoms with Gasteiger partial charge in [-0.2, -0.15) is 26.3 Å². The Balaban J connectivity index is 1.31. The third kappa shape index (κ3) is 7.39. The van der Waals surface area contributed by atoms with Crippen LogP contribution in [0.4, 0.5) is 47.0 Å². The minimum atomic E-state index is -5.97. The molecule has 0 aliphatic carbocycles. The van der Waals surface area contributed by atoms with Gasteiger partial charge in [0.2, 0.25) is 0 Å². The van der Waals surface area contributed by atoms with Crippen molar-refractivity contribution in [2.24, 2.45) is 0 Å². The van der Waals surface area contributed by atoms with Crippen molar-refractivity contribution < 1.29 is 50.0 Å². The van der Waals surface area contributed by atoms with E-state index in [0.29, 0.717) is 36.5 Å². The summed E-state index contributed by atoms with van der Waals surface area (Å²) in [6.07, 6.45) is -11.9. The predicted molar refractivity (Wildman–Crippen MR) is 148 cm³/mol. The number of anilines is 2. The van der Waals surface area contributed by atoms with Gasteiger partial charge < -0.3 is 19.8 Å². The number of urea groups is 1. The second kappa shape index (κ2) is 12.3. The number of benzene rings is 2. The standard InChI is InChI=1S/C29H30F7N5O4/c1-26(2,3)22-15-23(39-45-22)38-25(43)37-21-9-6-18(14-20(21)30)24(42)41-12-10-40(11-13-41)16-17-4-7-19(8-5-17)27(44,28(31,32)33)29(34,35)36/h4-9,14-15,44H,10-13,16H2,1-3H3,(H2,37,38,39,43). The van der Waals surface area contributed by atoms with Crippen LogP contribution in [-0.4, -0.2) is 70.5 Å². The zero-order valence-electron chi connectivity index (χ0n) is 24.3. The van der Waals surface area contributed by atoms with Crippen molar-refractivity contribution in [3.8, 4) is 0 Å². The smallest absolute Gasteiger partial charge is 0.369 e. The average molecular weight is 646 g/mol. The Morgan fingerprint density at radius 1 is 0.889 bits per heavy atom. The lowest BCUT2D eigenvalue weighted by molar-refractivity contribution is -0.376. The molecule has 2 heterocycles. The molecule has 0 saturated carbocycles. The van der Waals surface area contributed by atoms with E-state index in [1.54, 1.807) is 6.07 Å². The maximum Gasteiger partial charge on any atom is 0.430 e. The molecule has 4 rings (SSSR count). The molecule has 1 fully saturated rings. The van der Waals surface area contributed by atoms with Crippen LogP contribution in [-0.2, 0) is 17.6 Å². The fourth-order valence-corrected chi connectivity index (χ4v) is 4.60. The highest BCUT2D eigenvalue weighted by Gasteiger charge is 2.71. The first kappa shape index (κ1) is 33.7. The quantitative estimate of drug-likeness (QED) is 0.283. The molecule has 16 heteroatoms. The summed E-state index contributed by atoms with van der Waals surface area (Å²) in [6.45, 7) is 6.95. The van der Waals surface area contributed by atoms with E-state index in [0.717, 1.165) is 18.2 Å². The van der Waals surface area contributed by atoms with E-state index < -0.39 is 41.3 Å². The molecular formula is C29H30F7N5O4. The fraction of sp³-hybridized carbons (Fsp3) is 0.414. The Labute approximate surface area is 253 Å². The minimum Gasteiger partial charge on any atom is -0.369 e. The summed E-state index contributed by atoms with van der Waals surface area (Å²) in [5, 5.41) is 18.1. The van der Waals surface area contributed by atoms with Crippen LogP contribution in [0.15, 0.2) is 53.1 Å². The number of nitrogens with one attached hydrogen (secondary N) is 2. The van der Waals surface area contributed by atoms with Gasteiger partial charge in [-0.05, 0) is 23.8 Å². The first-order chi connectivity index (χ1) is 20.8. The lowest BCUT2D eigenvalue weighted by Gasteiger charge is -2.35. The molecule has 0 radical (unpaired) electrons. The number of nitrogens with zero attached hydrogens (tertiary/aromatic N) is 3. The molecule has 3 N–H and O–H groups in total. The molecule has 3 amide bonds. The Bertz CT molecular complexity index is 1510. The molecule has 0 atom stereocenters. The van der Waals surface area contributed by atoms with Crippen molar-refractivity contribution in [3.63, 3.8) is 0 Å². The van der Waals surface area contributed by atoms with E-state index in [-0.39, 0.29) is 42.1 Å². The van der Waals surface area contributed by atoms with Crippen molar-refractivity contribution >= 4 is 23.4 Å². The van der Waals surface area contributed by atoms with Crippen LogP contribution >= 0.6 is 0 Å². The monoisotopic (exact) mass is 645 g/mol. The van der Waals surface area contributed by atoms with Gasteiger partial charge in [0.1, 0.15) is 11.6 Å². The number of hydrogen-bond donors (Lipinski definition) is 3. The highest BCUT2D eigenvalue weighted by atomic mass is 19.4.